The number of aromatic hydroxyl groups is 1. The molecule has 0 bridgehead atoms. The zero-order valence-electron chi connectivity index (χ0n) is 9.88. The third kappa shape index (κ3) is 2.05. The van der Waals surface area contributed by atoms with E-state index in [2.05, 4.69) is 17.1 Å². The number of hydrogen-bond acceptors (Lipinski definition) is 2. The minimum atomic E-state index is 0.284. The summed E-state index contributed by atoms with van der Waals surface area (Å²) in [5.41, 5.74) is 3.31. The van der Waals surface area contributed by atoms with E-state index in [9.17, 15) is 5.11 Å². The van der Waals surface area contributed by atoms with Crippen molar-refractivity contribution in [2.45, 2.75) is 6.42 Å². The van der Waals surface area contributed by atoms with Gasteiger partial charge in [-0.05, 0) is 35.7 Å². The van der Waals surface area contributed by atoms with Gasteiger partial charge in [0, 0.05) is 11.6 Å². The SMILES string of the molecule is Oc1ccnc2cc(Cc3ccccc3)ccc12. The summed E-state index contributed by atoms with van der Waals surface area (Å²) in [7, 11) is 0. The quantitative estimate of drug-likeness (QED) is 0.737. The Labute approximate surface area is 106 Å². The zero-order valence-corrected chi connectivity index (χ0v) is 9.88. The highest BCUT2D eigenvalue weighted by molar-refractivity contribution is 5.84. The van der Waals surface area contributed by atoms with E-state index in [1.807, 2.05) is 36.4 Å². The molecule has 1 heterocycles. The maximum Gasteiger partial charge on any atom is 0.126 e. The largest absolute Gasteiger partial charge is 0.507 e. The van der Waals surface area contributed by atoms with Gasteiger partial charge in [0.15, 0.2) is 0 Å². The Morgan fingerprint density at radius 2 is 1.72 bits per heavy atom. The molecule has 0 fully saturated rings. The molecule has 2 heteroatoms. The van der Waals surface area contributed by atoms with Gasteiger partial charge in [-0.3, -0.25) is 4.98 Å². The standard InChI is InChI=1S/C16H13NO/c18-16-8-9-17-15-11-13(6-7-14(15)16)10-12-4-2-1-3-5-12/h1-9,11H,10H2,(H,17,18). The number of benzene rings is 2. The fourth-order valence-corrected chi connectivity index (χ4v) is 2.12. The maximum atomic E-state index is 9.71. The fraction of sp³-hybridized carbons (Fsp3) is 0.0625. The van der Waals surface area contributed by atoms with E-state index in [1.165, 1.54) is 11.1 Å². The summed E-state index contributed by atoms with van der Waals surface area (Å²) >= 11 is 0. The van der Waals surface area contributed by atoms with Gasteiger partial charge in [0.2, 0.25) is 0 Å². The molecule has 0 spiro atoms. The number of nitrogens with zero attached hydrogens (tertiary/aromatic N) is 1. The molecule has 0 saturated carbocycles. The van der Waals surface area contributed by atoms with Gasteiger partial charge in [0.25, 0.3) is 0 Å². The van der Waals surface area contributed by atoms with Crippen LogP contribution in [-0.2, 0) is 6.42 Å². The van der Waals surface area contributed by atoms with Gasteiger partial charge < -0.3 is 5.11 Å². The van der Waals surface area contributed by atoms with Crippen LogP contribution in [0.15, 0.2) is 60.8 Å². The van der Waals surface area contributed by atoms with Crippen molar-refractivity contribution in [1.82, 2.24) is 4.98 Å². The van der Waals surface area contributed by atoms with Crippen LogP contribution in [0, 0.1) is 0 Å². The van der Waals surface area contributed by atoms with Gasteiger partial charge in [-0.2, -0.15) is 0 Å². The van der Waals surface area contributed by atoms with E-state index < -0.39 is 0 Å². The van der Waals surface area contributed by atoms with Crippen molar-refractivity contribution in [2.75, 3.05) is 0 Å². The van der Waals surface area contributed by atoms with Gasteiger partial charge >= 0.3 is 0 Å². The van der Waals surface area contributed by atoms with Gasteiger partial charge in [-0.1, -0.05) is 36.4 Å². The van der Waals surface area contributed by atoms with Crippen LogP contribution in [0.25, 0.3) is 10.9 Å². The molecule has 0 amide bonds. The highest BCUT2D eigenvalue weighted by Crippen LogP contribution is 2.23. The topological polar surface area (TPSA) is 33.1 Å². The first-order valence-electron chi connectivity index (χ1n) is 5.93. The van der Waals surface area contributed by atoms with Crippen LogP contribution in [0.2, 0.25) is 0 Å². The Kier molecular flexibility index (Phi) is 2.69. The lowest BCUT2D eigenvalue weighted by Gasteiger charge is -2.04. The first-order valence-corrected chi connectivity index (χ1v) is 5.93. The molecule has 0 atom stereocenters. The van der Waals surface area contributed by atoms with E-state index in [0.717, 1.165) is 17.3 Å². The summed E-state index contributed by atoms with van der Waals surface area (Å²) in [5.74, 6) is 0.284. The third-order valence-electron chi connectivity index (χ3n) is 3.04. The average Bonchev–Trinajstić information content (AvgIpc) is 2.40. The summed E-state index contributed by atoms with van der Waals surface area (Å²) in [6.45, 7) is 0. The first kappa shape index (κ1) is 10.8. The van der Waals surface area contributed by atoms with E-state index in [1.54, 1.807) is 12.3 Å². The van der Waals surface area contributed by atoms with Crippen molar-refractivity contribution in [3.63, 3.8) is 0 Å². The highest BCUT2D eigenvalue weighted by atomic mass is 16.3. The molecular weight excluding hydrogens is 222 g/mol. The third-order valence-corrected chi connectivity index (χ3v) is 3.04. The number of aromatic nitrogens is 1. The molecule has 0 aliphatic rings. The van der Waals surface area contributed by atoms with Crippen molar-refractivity contribution in [3.05, 3.63) is 71.9 Å². The molecule has 0 aliphatic heterocycles. The Bertz CT molecular complexity index is 677. The normalized spacial score (nSPS) is 10.7. The Balaban J connectivity index is 1.99. The predicted octanol–water partition coefficient (Wildman–Crippen LogP) is 3.53. The van der Waals surface area contributed by atoms with E-state index in [-0.39, 0.29) is 5.75 Å². The van der Waals surface area contributed by atoms with Gasteiger partial charge in [0.05, 0.1) is 5.52 Å². The number of pyridine rings is 1. The molecule has 0 aliphatic carbocycles. The number of fused-ring (bicyclic) bond motifs is 1. The molecule has 3 aromatic rings. The highest BCUT2D eigenvalue weighted by Gasteiger charge is 2.02. The van der Waals surface area contributed by atoms with Gasteiger partial charge in [-0.15, -0.1) is 0 Å². The minimum absolute atomic E-state index is 0.284. The Morgan fingerprint density at radius 1 is 0.889 bits per heavy atom. The first-order chi connectivity index (χ1) is 8.83. The van der Waals surface area contributed by atoms with Crippen molar-refractivity contribution in [2.24, 2.45) is 0 Å². The molecule has 18 heavy (non-hydrogen) atoms. The van der Waals surface area contributed by atoms with Crippen molar-refractivity contribution >= 4 is 10.9 Å². The van der Waals surface area contributed by atoms with E-state index in [4.69, 9.17) is 0 Å². The number of hydrogen-bond donors (Lipinski definition) is 1. The summed E-state index contributed by atoms with van der Waals surface area (Å²) in [6.07, 6.45) is 2.51. The van der Waals surface area contributed by atoms with Gasteiger partial charge in [-0.25, -0.2) is 0 Å². The van der Waals surface area contributed by atoms with Crippen molar-refractivity contribution < 1.29 is 5.11 Å². The summed E-state index contributed by atoms with van der Waals surface area (Å²) in [5, 5.41) is 10.5. The van der Waals surface area contributed by atoms with Crippen LogP contribution in [0.3, 0.4) is 0 Å². The van der Waals surface area contributed by atoms with Crippen molar-refractivity contribution in [1.29, 1.82) is 0 Å². The van der Waals surface area contributed by atoms with Crippen LogP contribution in [-0.4, -0.2) is 10.1 Å². The molecule has 1 aromatic heterocycles. The molecule has 0 saturated heterocycles. The summed E-state index contributed by atoms with van der Waals surface area (Å²) in [4.78, 5) is 4.28. The van der Waals surface area contributed by atoms with Crippen LogP contribution in [0.4, 0.5) is 0 Å². The zero-order chi connectivity index (χ0) is 12.4. The lowest BCUT2D eigenvalue weighted by Crippen LogP contribution is -1.88. The van der Waals surface area contributed by atoms with Crippen LogP contribution >= 0.6 is 0 Å². The predicted molar refractivity (Wildman–Crippen MR) is 72.7 cm³/mol. The Hall–Kier alpha value is -2.35. The Morgan fingerprint density at radius 3 is 2.56 bits per heavy atom. The lowest BCUT2D eigenvalue weighted by molar-refractivity contribution is 0.481. The molecule has 1 N–H and O–H groups in total. The van der Waals surface area contributed by atoms with E-state index >= 15 is 0 Å². The number of rotatable bonds is 2. The average molecular weight is 235 g/mol. The van der Waals surface area contributed by atoms with Crippen LogP contribution in [0.5, 0.6) is 5.75 Å². The molecule has 3 rings (SSSR count). The minimum Gasteiger partial charge on any atom is -0.507 e. The summed E-state index contributed by atoms with van der Waals surface area (Å²) in [6, 6.07) is 17.9. The molecule has 2 nitrogen and oxygen atoms in total. The van der Waals surface area contributed by atoms with Crippen LogP contribution in [0.1, 0.15) is 11.1 Å². The maximum absolute atomic E-state index is 9.71. The fourth-order valence-electron chi connectivity index (χ4n) is 2.12. The summed E-state index contributed by atoms with van der Waals surface area (Å²) < 4.78 is 0. The molecular formula is C16H13NO. The van der Waals surface area contributed by atoms with Crippen LogP contribution < -0.4 is 0 Å². The monoisotopic (exact) mass is 235 g/mol. The van der Waals surface area contributed by atoms with Crippen molar-refractivity contribution in [3.8, 4) is 5.75 Å². The molecule has 2 aromatic carbocycles. The molecule has 0 radical (unpaired) electrons. The second-order valence-corrected chi connectivity index (χ2v) is 4.34. The molecule has 88 valence electrons. The van der Waals surface area contributed by atoms with E-state index in [0.29, 0.717) is 0 Å². The second kappa shape index (κ2) is 4.49. The lowest BCUT2D eigenvalue weighted by atomic mass is 10.0. The second-order valence-electron chi connectivity index (χ2n) is 4.34. The molecule has 0 unspecified atom stereocenters. The smallest absolute Gasteiger partial charge is 0.126 e. The van der Waals surface area contributed by atoms with Gasteiger partial charge in [0.1, 0.15) is 5.75 Å².